The van der Waals surface area contributed by atoms with Crippen molar-refractivity contribution in [2.45, 2.75) is 31.8 Å². The van der Waals surface area contributed by atoms with E-state index in [1.165, 1.54) is 11.8 Å². The van der Waals surface area contributed by atoms with E-state index >= 15 is 0 Å². The summed E-state index contributed by atoms with van der Waals surface area (Å²) in [6.07, 6.45) is 0. The van der Waals surface area contributed by atoms with Crippen molar-refractivity contribution in [1.82, 2.24) is 19.7 Å². The number of rotatable bonds is 3. The van der Waals surface area contributed by atoms with Crippen LogP contribution < -0.4 is 0 Å². The summed E-state index contributed by atoms with van der Waals surface area (Å²) in [5.74, 6) is 0.647. The number of thioether (sulfide) groups is 1. The highest BCUT2D eigenvalue weighted by Crippen LogP contribution is 2.17. The Morgan fingerprint density at radius 2 is 2.00 bits per heavy atom. The summed E-state index contributed by atoms with van der Waals surface area (Å²) in [4.78, 5) is 8.45. The second-order valence-electron chi connectivity index (χ2n) is 3.99. The number of nitriles is 1. The van der Waals surface area contributed by atoms with Gasteiger partial charge in [0.25, 0.3) is 0 Å². The Kier molecular flexibility index (Phi) is 3.63. The van der Waals surface area contributed by atoms with Crippen LogP contribution in [0.1, 0.15) is 22.8 Å². The molecule has 5 nitrogen and oxygen atoms in total. The zero-order valence-corrected chi connectivity index (χ0v) is 11.3. The molecule has 0 saturated carbocycles. The molecule has 2 rings (SSSR count). The van der Waals surface area contributed by atoms with Gasteiger partial charge in [0.1, 0.15) is 11.8 Å². The van der Waals surface area contributed by atoms with Crippen LogP contribution in [0.3, 0.4) is 0 Å². The van der Waals surface area contributed by atoms with E-state index < -0.39 is 0 Å². The van der Waals surface area contributed by atoms with E-state index in [1.54, 1.807) is 6.07 Å². The standard InChI is InChI=1S/C12H13N5S/c1-8-5-11(6-13)15-12(14-8)18-7-17-10(3)4-9(2)16-17/h4-5H,7H2,1-3H3. The van der Waals surface area contributed by atoms with Crippen molar-refractivity contribution in [3.63, 3.8) is 0 Å². The van der Waals surface area contributed by atoms with Gasteiger partial charge < -0.3 is 0 Å². The average molecular weight is 259 g/mol. The first kappa shape index (κ1) is 12.6. The van der Waals surface area contributed by atoms with E-state index in [2.05, 4.69) is 15.1 Å². The van der Waals surface area contributed by atoms with Gasteiger partial charge in [-0.05, 0) is 32.9 Å². The quantitative estimate of drug-likeness (QED) is 0.624. The van der Waals surface area contributed by atoms with Gasteiger partial charge >= 0.3 is 0 Å². The second kappa shape index (κ2) is 5.19. The maximum Gasteiger partial charge on any atom is 0.190 e. The van der Waals surface area contributed by atoms with E-state index in [4.69, 9.17) is 5.26 Å². The third kappa shape index (κ3) is 2.87. The first-order valence-electron chi connectivity index (χ1n) is 5.48. The van der Waals surface area contributed by atoms with Gasteiger partial charge in [-0.3, -0.25) is 4.68 Å². The topological polar surface area (TPSA) is 67.4 Å². The van der Waals surface area contributed by atoms with Gasteiger partial charge in [-0.25, -0.2) is 9.97 Å². The highest BCUT2D eigenvalue weighted by molar-refractivity contribution is 7.98. The number of aryl methyl sites for hydroxylation is 3. The second-order valence-corrected chi connectivity index (χ2v) is 4.90. The minimum Gasteiger partial charge on any atom is -0.259 e. The molecule has 92 valence electrons. The molecule has 0 radical (unpaired) electrons. The predicted molar refractivity (Wildman–Crippen MR) is 69.0 cm³/mol. The molecule has 0 saturated heterocycles. The van der Waals surface area contributed by atoms with Crippen LogP contribution in [0.2, 0.25) is 0 Å². The molecule has 0 atom stereocenters. The molecule has 0 unspecified atom stereocenters. The van der Waals surface area contributed by atoms with Gasteiger partial charge in [-0.15, -0.1) is 0 Å². The van der Waals surface area contributed by atoms with Gasteiger partial charge in [-0.2, -0.15) is 10.4 Å². The highest BCUT2D eigenvalue weighted by atomic mass is 32.2. The van der Waals surface area contributed by atoms with Gasteiger partial charge in [-0.1, -0.05) is 11.8 Å². The SMILES string of the molecule is Cc1cc(C#N)nc(SCn2nc(C)cc2C)n1. The predicted octanol–water partition coefficient (Wildman–Crippen LogP) is 2.22. The molecule has 2 aromatic heterocycles. The van der Waals surface area contributed by atoms with Crippen LogP contribution in [0.25, 0.3) is 0 Å². The third-order valence-electron chi connectivity index (χ3n) is 2.37. The molecule has 0 amide bonds. The molecular formula is C12H13N5S. The Morgan fingerprint density at radius 3 is 2.61 bits per heavy atom. The monoisotopic (exact) mass is 259 g/mol. The Hall–Kier alpha value is -1.87. The zero-order valence-electron chi connectivity index (χ0n) is 10.5. The summed E-state index contributed by atoms with van der Waals surface area (Å²) >= 11 is 1.47. The van der Waals surface area contributed by atoms with Crippen molar-refractivity contribution in [2.24, 2.45) is 0 Å². The normalized spacial score (nSPS) is 10.3. The third-order valence-corrected chi connectivity index (χ3v) is 3.18. The minimum absolute atomic E-state index is 0.401. The Bertz CT molecular complexity index is 611. The summed E-state index contributed by atoms with van der Waals surface area (Å²) < 4.78 is 1.90. The van der Waals surface area contributed by atoms with Gasteiger partial charge in [0.05, 0.1) is 11.6 Å². The van der Waals surface area contributed by atoms with Crippen molar-refractivity contribution < 1.29 is 0 Å². The molecule has 0 fully saturated rings. The lowest BCUT2D eigenvalue weighted by molar-refractivity contribution is 0.713. The highest BCUT2D eigenvalue weighted by Gasteiger charge is 2.05. The lowest BCUT2D eigenvalue weighted by atomic mass is 10.4. The van der Waals surface area contributed by atoms with Gasteiger partial charge in [0.15, 0.2) is 5.16 Å². The molecule has 0 bridgehead atoms. The average Bonchev–Trinajstić information content (AvgIpc) is 2.64. The van der Waals surface area contributed by atoms with E-state index in [9.17, 15) is 0 Å². The number of aromatic nitrogens is 4. The van der Waals surface area contributed by atoms with Crippen molar-refractivity contribution >= 4 is 11.8 Å². The smallest absolute Gasteiger partial charge is 0.190 e. The molecule has 0 N–H and O–H groups in total. The van der Waals surface area contributed by atoms with Crippen molar-refractivity contribution in [1.29, 1.82) is 5.26 Å². The number of nitrogens with zero attached hydrogens (tertiary/aromatic N) is 5. The van der Waals surface area contributed by atoms with E-state index in [0.29, 0.717) is 16.7 Å². The maximum absolute atomic E-state index is 8.85. The Labute approximate surface area is 110 Å². The molecule has 0 aliphatic rings. The molecule has 0 aromatic carbocycles. The maximum atomic E-state index is 8.85. The van der Waals surface area contributed by atoms with E-state index in [0.717, 1.165) is 17.1 Å². The Morgan fingerprint density at radius 1 is 1.22 bits per heavy atom. The van der Waals surface area contributed by atoms with Crippen molar-refractivity contribution in [2.75, 3.05) is 0 Å². The lowest BCUT2D eigenvalue weighted by Gasteiger charge is -2.04. The van der Waals surface area contributed by atoms with Crippen molar-refractivity contribution in [3.05, 3.63) is 34.9 Å². The van der Waals surface area contributed by atoms with E-state index in [1.807, 2.05) is 37.6 Å². The molecule has 0 aliphatic carbocycles. The van der Waals surface area contributed by atoms with Crippen LogP contribution in [0.5, 0.6) is 0 Å². The summed E-state index contributed by atoms with van der Waals surface area (Å²) in [6, 6.07) is 5.74. The summed E-state index contributed by atoms with van der Waals surface area (Å²) in [7, 11) is 0. The minimum atomic E-state index is 0.401. The molecule has 2 aromatic rings. The fraction of sp³-hybridized carbons (Fsp3) is 0.333. The van der Waals surface area contributed by atoms with Crippen LogP contribution in [0.4, 0.5) is 0 Å². The first-order chi connectivity index (χ1) is 8.58. The van der Waals surface area contributed by atoms with Crippen LogP contribution in [0.15, 0.2) is 17.3 Å². The summed E-state index contributed by atoms with van der Waals surface area (Å²) in [6.45, 7) is 5.83. The number of hydrogen-bond acceptors (Lipinski definition) is 5. The molecule has 0 spiro atoms. The van der Waals surface area contributed by atoms with Gasteiger partial charge in [0.2, 0.25) is 0 Å². The fourth-order valence-corrected chi connectivity index (χ4v) is 2.46. The summed E-state index contributed by atoms with van der Waals surface area (Å²) in [5, 5.41) is 13.8. The van der Waals surface area contributed by atoms with Crippen LogP contribution in [-0.2, 0) is 5.88 Å². The first-order valence-corrected chi connectivity index (χ1v) is 6.46. The molecule has 2 heterocycles. The molecule has 18 heavy (non-hydrogen) atoms. The van der Waals surface area contributed by atoms with Crippen LogP contribution >= 0.6 is 11.8 Å². The van der Waals surface area contributed by atoms with E-state index in [-0.39, 0.29) is 0 Å². The largest absolute Gasteiger partial charge is 0.259 e. The molecule has 0 aliphatic heterocycles. The summed E-state index contributed by atoms with van der Waals surface area (Å²) in [5.41, 5.74) is 3.31. The van der Waals surface area contributed by atoms with Crippen molar-refractivity contribution in [3.8, 4) is 6.07 Å². The van der Waals surface area contributed by atoms with Gasteiger partial charge in [0, 0.05) is 11.4 Å². The molecule has 6 heteroatoms. The Balaban J connectivity index is 2.13. The lowest BCUT2D eigenvalue weighted by Crippen LogP contribution is -2.01. The van der Waals surface area contributed by atoms with Crippen LogP contribution in [-0.4, -0.2) is 19.7 Å². The zero-order chi connectivity index (χ0) is 13.1. The number of hydrogen-bond donors (Lipinski definition) is 0. The van der Waals surface area contributed by atoms with Crippen LogP contribution in [0, 0.1) is 32.1 Å². The molecular weight excluding hydrogens is 246 g/mol. The fourth-order valence-electron chi connectivity index (χ4n) is 1.59.